The molecule has 0 spiro atoms. The summed E-state index contributed by atoms with van der Waals surface area (Å²) in [5, 5.41) is 33.1. The average molecular weight is 2000 g/mol. The number of fused-ring (bicyclic) bond motifs is 8. The van der Waals surface area contributed by atoms with Crippen molar-refractivity contribution in [2.75, 3.05) is 143 Å². The Morgan fingerprint density at radius 1 is 0.364 bits per heavy atom. The number of H-pyrrole nitrogens is 1. The molecular formula is C87H98B3Cl3F8N30O9. The Hall–Kier alpha value is -12.1. The Bertz CT molecular complexity index is 7060. The molecule has 0 atom stereocenters. The molecule has 0 aliphatic carbocycles. The van der Waals surface area contributed by atoms with Crippen molar-refractivity contribution in [2.45, 2.75) is 122 Å². The third kappa shape index (κ3) is 19.9. The van der Waals surface area contributed by atoms with Gasteiger partial charge in [0.15, 0.2) is 85.0 Å². The number of anilines is 2. The highest BCUT2D eigenvalue weighted by Gasteiger charge is 2.37. The monoisotopic (exact) mass is 2000 g/mol. The molecule has 22 rings (SSSR count). The third-order valence-corrected chi connectivity index (χ3v) is 26.5. The fourth-order valence-corrected chi connectivity index (χ4v) is 19.3. The molecule has 0 saturated carbocycles. The summed E-state index contributed by atoms with van der Waals surface area (Å²) in [4.78, 5) is 83.2. The van der Waals surface area contributed by atoms with E-state index in [4.69, 9.17) is 83.2 Å². The van der Waals surface area contributed by atoms with Crippen LogP contribution in [0.25, 0.3) is 106 Å². The van der Waals surface area contributed by atoms with Crippen LogP contribution in [-0.2, 0) is 9.47 Å². The van der Waals surface area contributed by atoms with E-state index in [-0.39, 0.29) is 63.2 Å². The van der Waals surface area contributed by atoms with Crippen LogP contribution in [0.15, 0.2) is 98.1 Å². The van der Waals surface area contributed by atoms with Gasteiger partial charge in [-0.15, -0.1) is 0 Å². The molecule has 39 nitrogen and oxygen atoms in total. The van der Waals surface area contributed by atoms with Gasteiger partial charge >= 0.3 is 21.2 Å². The zero-order chi connectivity index (χ0) is 98.0. The van der Waals surface area contributed by atoms with Crippen LogP contribution < -0.4 is 34.1 Å². The van der Waals surface area contributed by atoms with Crippen LogP contribution in [-0.4, -0.2) is 301 Å². The van der Waals surface area contributed by atoms with Gasteiger partial charge in [0.25, 0.3) is 25.7 Å². The summed E-state index contributed by atoms with van der Waals surface area (Å²) in [5.41, 5.74) is 7.45. The average Bonchev–Trinajstić information content (AvgIpc) is 1.58. The summed E-state index contributed by atoms with van der Waals surface area (Å²) in [6.45, 7) is 16.3. The van der Waals surface area contributed by atoms with E-state index in [0.29, 0.717) is 176 Å². The fraction of sp³-hybridized carbons (Fsp3) is 0.448. The van der Waals surface area contributed by atoms with E-state index in [1.807, 2.05) is 37.9 Å². The number of aromatic amines is 1. The van der Waals surface area contributed by atoms with E-state index in [0.717, 1.165) is 104 Å². The molecule has 140 heavy (non-hydrogen) atoms. The molecular weight excluding hydrogens is 1900 g/mol. The van der Waals surface area contributed by atoms with Gasteiger partial charge in [0, 0.05) is 50.3 Å². The number of alkyl halides is 8. The lowest BCUT2D eigenvalue weighted by molar-refractivity contribution is 0.122. The second-order valence-corrected chi connectivity index (χ2v) is 35.1. The predicted molar refractivity (Wildman–Crippen MR) is 511 cm³/mol. The Kier molecular flexibility index (Phi) is 30.0. The van der Waals surface area contributed by atoms with Gasteiger partial charge in [-0.1, -0.05) is 35.9 Å². The normalized spacial score (nSPS) is 16.6. The maximum Gasteiger partial charge on any atom is 0.376 e. The lowest BCUT2D eigenvalue weighted by Gasteiger charge is -2.33. The van der Waals surface area contributed by atoms with Gasteiger partial charge in [-0.25, -0.2) is 80.0 Å². The Balaban J connectivity index is 0.000000120. The van der Waals surface area contributed by atoms with Gasteiger partial charge in [0.2, 0.25) is 22.5 Å². The quantitative estimate of drug-likeness (QED) is 0.0205. The Morgan fingerprint density at radius 2 is 0.686 bits per heavy atom. The van der Waals surface area contributed by atoms with Gasteiger partial charge in [-0.05, 0) is 196 Å². The van der Waals surface area contributed by atoms with Crippen molar-refractivity contribution in [1.82, 2.24) is 136 Å². The summed E-state index contributed by atoms with van der Waals surface area (Å²) in [6.07, 6.45) is 2.61. The topological polar surface area (TPSA) is 401 Å². The van der Waals surface area contributed by atoms with Crippen molar-refractivity contribution in [3.63, 3.8) is 0 Å². The van der Waals surface area contributed by atoms with E-state index < -0.39 is 64.3 Å². The van der Waals surface area contributed by atoms with Crippen molar-refractivity contribution in [3.8, 4) is 40.5 Å². The number of benzene rings is 4. The molecule has 0 amide bonds. The van der Waals surface area contributed by atoms with Crippen molar-refractivity contribution in [2.24, 2.45) is 0 Å². The summed E-state index contributed by atoms with van der Waals surface area (Å²) in [6, 6.07) is 21.1. The maximum absolute atomic E-state index is 14.4. The van der Waals surface area contributed by atoms with Gasteiger partial charge in [0.1, 0.15) is 50.6 Å². The molecule has 16 aromatic rings. The third-order valence-electron chi connectivity index (χ3n) is 25.9. The SMILES string of the molecule is CB(O)N1CCC(n2cnc3c(Cl)nc(Cl)nc32)CC1.COc1cccc2[nH]c(C(F)F)nc12.COc1cccc2c1nc(C(F)F)n2-c1nc(Cl)nc2c1ncn2C1CCN(B(C)O)CC1.COc1cccc2c1nc(C(F)F)n2-c1nc(N2CCOCC2)nc2c1ncn2C1CCN(B(C)O)CC1.COc1cccc2c1nc(C(F)F)n2-c1nc(N2CCOCC2)nc2c1ncn2C1CCNCC1. The van der Waals surface area contributed by atoms with Gasteiger partial charge in [-0.2, -0.15) is 34.9 Å². The van der Waals surface area contributed by atoms with Crippen LogP contribution in [0.4, 0.5) is 47.0 Å². The highest BCUT2D eigenvalue weighted by molar-refractivity contribution is 6.46. The summed E-state index contributed by atoms with van der Waals surface area (Å²) >= 11 is 18.2. The number of ether oxygens (including phenoxy) is 6. The lowest BCUT2D eigenvalue weighted by Crippen LogP contribution is -2.43. The van der Waals surface area contributed by atoms with Gasteiger partial charge in [-0.3, -0.25) is 13.7 Å². The number of rotatable bonds is 20. The molecule has 6 fully saturated rings. The first-order valence-electron chi connectivity index (χ1n) is 45.7. The van der Waals surface area contributed by atoms with Crippen LogP contribution in [0.1, 0.15) is 125 Å². The fourth-order valence-electron chi connectivity index (χ4n) is 18.7. The smallest absolute Gasteiger partial charge is 0.376 e. The summed E-state index contributed by atoms with van der Waals surface area (Å²) in [5.74, 6) is 1.61. The van der Waals surface area contributed by atoms with Crippen molar-refractivity contribution in [1.29, 1.82) is 0 Å². The standard InChI is InChI=1S/C24H29BF2N8O3.C23H26F2N8O2.C20H21BClF2N7O2.C11H14BCl2N5O.C9H8F2N2O/c1-25(36)33-8-6-15(7-9-33)34-14-28-19-21(34)30-24(32-10-12-38-13-11-32)31-22(19)35-16-4-3-5-17(37-2)18(16)29-23(35)20(26)27;1-34-16-4-2-3-15-17(16)28-22(19(24)25)33(15)21-18-20(29-23(30-21)31-9-11-35-12-10-31)32(13-27-18)14-5-7-26-8-6-14;1-21(32)29-8-6-11(7-9-29)30-10-25-15-17(30)27-20(22)28-18(15)31-12-4-3-5-13(33-2)14(12)26-19(31)16(23)24;1-12(20)18-4-2-7(3-5-18)19-6-15-8-9(13)16-11(14)17-10(8)19;1-14-6-4-2-3-5-7(6)13-9(12-5)8(10)11/h3-5,14-15,20,36H,6-13H2,1-2H3;2-4,13-14,19,26H,5-12H2,1H3;3-5,10-11,16,32H,6-9H2,1-2H3;6-7,20H,2-5H2,1H3;2-4,8H,1H3,(H,12,13). The molecule has 6 aliphatic rings. The molecule has 0 radical (unpaired) electrons. The van der Waals surface area contributed by atoms with Crippen LogP contribution in [0, 0.1) is 0 Å². The molecule has 0 bridgehead atoms. The number of piperidine rings is 4. The van der Waals surface area contributed by atoms with Crippen LogP contribution in [0.2, 0.25) is 36.2 Å². The molecule has 53 heteroatoms. The highest BCUT2D eigenvalue weighted by atomic mass is 35.5. The van der Waals surface area contributed by atoms with E-state index in [1.54, 1.807) is 119 Å². The zero-order valence-electron chi connectivity index (χ0n) is 77.0. The number of para-hydroxylation sites is 4. The maximum atomic E-state index is 14.4. The molecule has 18 heterocycles. The first kappa shape index (κ1) is 98.1. The number of aromatic nitrogens is 24. The lowest BCUT2D eigenvalue weighted by atomic mass is 9.82. The number of methoxy groups -OCH3 is 4. The van der Waals surface area contributed by atoms with E-state index in [1.165, 1.54) is 42.1 Å². The van der Waals surface area contributed by atoms with Crippen molar-refractivity contribution < 1.29 is 78.6 Å². The molecule has 6 aliphatic heterocycles. The van der Waals surface area contributed by atoms with Crippen LogP contribution in [0.5, 0.6) is 23.0 Å². The molecule has 12 aromatic heterocycles. The van der Waals surface area contributed by atoms with Crippen LogP contribution in [0.3, 0.4) is 0 Å². The first-order valence-corrected chi connectivity index (χ1v) is 46.8. The molecule has 4 aromatic carbocycles. The van der Waals surface area contributed by atoms with E-state index in [9.17, 15) is 50.2 Å². The minimum absolute atomic E-state index is 0.0781. The predicted octanol–water partition coefficient (Wildman–Crippen LogP) is 13.5. The van der Waals surface area contributed by atoms with E-state index >= 15 is 0 Å². The van der Waals surface area contributed by atoms with Crippen molar-refractivity contribution in [3.05, 3.63) is 137 Å². The zero-order valence-corrected chi connectivity index (χ0v) is 79.3. The second kappa shape index (κ2) is 42.8. The minimum Gasteiger partial charge on any atom is -0.494 e. The number of nitrogens with zero attached hydrogens (tertiary/aromatic N) is 28. The second-order valence-electron chi connectivity index (χ2n) is 34.0. The van der Waals surface area contributed by atoms with Gasteiger partial charge < -0.3 is 96.3 Å². The number of hydrogen-bond donors (Lipinski definition) is 5. The summed E-state index contributed by atoms with van der Waals surface area (Å²) < 4.78 is 154. The highest BCUT2D eigenvalue weighted by Crippen LogP contribution is 2.42. The van der Waals surface area contributed by atoms with Crippen LogP contribution >= 0.6 is 34.8 Å². The van der Waals surface area contributed by atoms with Crippen molar-refractivity contribution >= 4 is 157 Å². The number of halogens is 11. The molecule has 736 valence electrons. The molecule has 5 N–H and O–H groups in total. The van der Waals surface area contributed by atoms with Gasteiger partial charge in [0.05, 0.1) is 102 Å². The largest absolute Gasteiger partial charge is 0.494 e. The minimum atomic E-state index is -2.86. The summed E-state index contributed by atoms with van der Waals surface area (Å²) in [7, 11) is 4.51. The number of imidazole rings is 8. The Labute approximate surface area is 809 Å². The first-order chi connectivity index (χ1) is 67.8. The molecule has 0 unspecified atom stereocenters. The Morgan fingerprint density at radius 3 is 1.04 bits per heavy atom. The number of nitrogens with one attached hydrogen (secondary N) is 2. The number of morpholine rings is 2. The number of hydrogen-bond acceptors (Lipinski definition) is 31. The molecule has 6 saturated heterocycles. The van der Waals surface area contributed by atoms with E-state index in [2.05, 4.69) is 74.7 Å².